The third-order valence-corrected chi connectivity index (χ3v) is 1.76. The van der Waals surface area contributed by atoms with Gasteiger partial charge in [-0.1, -0.05) is 10.3 Å². The van der Waals surface area contributed by atoms with Gasteiger partial charge in [-0.3, -0.25) is 0 Å². The number of amidine groups is 1. The summed E-state index contributed by atoms with van der Waals surface area (Å²) in [5.41, 5.74) is 6.72. The number of nitrogens with zero attached hydrogens (tertiary/aromatic N) is 2. The molecule has 0 atom stereocenters. The van der Waals surface area contributed by atoms with Gasteiger partial charge in [-0.15, -0.1) is 0 Å². The fourth-order valence-corrected chi connectivity index (χ4v) is 1.09. The molecule has 1 heterocycles. The first-order chi connectivity index (χ1) is 6.31. The van der Waals surface area contributed by atoms with Gasteiger partial charge >= 0.3 is 0 Å². The van der Waals surface area contributed by atoms with Gasteiger partial charge in [-0.05, 0) is 18.2 Å². The maximum absolute atomic E-state index is 8.43. The fraction of sp³-hybridized carbons (Fsp3) is 0. The van der Waals surface area contributed by atoms with Gasteiger partial charge in [0.05, 0.1) is 6.20 Å². The number of oxime groups is 1. The first-order valence-electron chi connectivity index (χ1n) is 3.63. The topological polar surface area (TPSA) is 84.6 Å². The Labute approximate surface area is 73.4 Å². The molecule has 0 spiro atoms. The minimum absolute atomic E-state index is 0.0723. The minimum Gasteiger partial charge on any atom is -0.409 e. The Kier molecular flexibility index (Phi) is 1.63. The molecule has 0 saturated carbocycles. The number of hydrogen-bond donors (Lipinski definition) is 2. The van der Waals surface area contributed by atoms with Crippen LogP contribution in [0, 0.1) is 0 Å². The van der Waals surface area contributed by atoms with Crippen molar-refractivity contribution in [3.8, 4) is 0 Å². The third-order valence-electron chi connectivity index (χ3n) is 1.76. The predicted molar refractivity (Wildman–Crippen MR) is 46.5 cm³/mol. The Hall–Kier alpha value is -2.04. The molecule has 66 valence electrons. The Morgan fingerprint density at radius 1 is 1.54 bits per heavy atom. The van der Waals surface area contributed by atoms with E-state index in [1.54, 1.807) is 24.4 Å². The van der Waals surface area contributed by atoms with Crippen molar-refractivity contribution in [3.63, 3.8) is 0 Å². The molecule has 2 rings (SSSR count). The summed E-state index contributed by atoms with van der Waals surface area (Å²) in [5.74, 6) is 0.0723. The molecule has 0 aliphatic carbocycles. The van der Waals surface area contributed by atoms with Crippen molar-refractivity contribution in [2.24, 2.45) is 10.9 Å². The summed E-state index contributed by atoms with van der Waals surface area (Å²) in [6.45, 7) is 0. The van der Waals surface area contributed by atoms with E-state index in [9.17, 15) is 0 Å². The van der Waals surface area contributed by atoms with Gasteiger partial charge < -0.3 is 15.5 Å². The summed E-state index contributed by atoms with van der Waals surface area (Å²) in [6, 6.07) is 5.15. The third kappa shape index (κ3) is 1.20. The molecule has 1 aromatic heterocycles. The summed E-state index contributed by atoms with van der Waals surface area (Å²) >= 11 is 0. The Morgan fingerprint density at radius 2 is 2.38 bits per heavy atom. The van der Waals surface area contributed by atoms with Crippen molar-refractivity contribution in [3.05, 3.63) is 30.0 Å². The molecule has 2 aromatic rings. The molecule has 0 unspecified atom stereocenters. The van der Waals surface area contributed by atoms with E-state index >= 15 is 0 Å². The van der Waals surface area contributed by atoms with Crippen LogP contribution < -0.4 is 5.73 Å². The molecule has 3 N–H and O–H groups in total. The van der Waals surface area contributed by atoms with E-state index in [0.717, 1.165) is 5.39 Å². The zero-order valence-electron chi connectivity index (χ0n) is 6.64. The second-order valence-corrected chi connectivity index (χ2v) is 2.56. The maximum atomic E-state index is 8.43. The highest BCUT2D eigenvalue weighted by molar-refractivity contribution is 5.99. The number of rotatable bonds is 1. The van der Waals surface area contributed by atoms with Gasteiger partial charge in [0, 0.05) is 10.9 Å². The standard InChI is InChI=1S/C8H7N3O2/c9-8(11-12)5-1-2-7-6(3-5)4-10-13-7/h1-4,12H,(H2,9,11). The number of aromatic nitrogens is 1. The lowest BCUT2D eigenvalue weighted by atomic mass is 10.1. The quantitative estimate of drug-likeness (QED) is 0.293. The number of nitrogens with two attached hydrogens (primary N) is 1. The van der Waals surface area contributed by atoms with Crippen LogP contribution in [-0.2, 0) is 0 Å². The zero-order valence-corrected chi connectivity index (χ0v) is 6.64. The zero-order chi connectivity index (χ0) is 9.26. The minimum atomic E-state index is 0.0723. The molecule has 13 heavy (non-hydrogen) atoms. The summed E-state index contributed by atoms with van der Waals surface area (Å²) in [6.07, 6.45) is 1.57. The monoisotopic (exact) mass is 177 g/mol. The van der Waals surface area contributed by atoms with Crippen molar-refractivity contribution in [2.45, 2.75) is 0 Å². The largest absolute Gasteiger partial charge is 0.409 e. The highest BCUT2D eigenvalue weighted by Gasteiger charge is 2.02. The van der Waals surface area contributed by atoms with Crippen LogP contribution in [0.3, 0.4) is 0 Å². The fourth-order valence-electron chi connectivity index (χ4n) is 1.09. The predicted octanol–water partition coefficient (Wildman–Crippen LogP) is 0.922. The van der Waals surface area contributed by atoms with Gasteiger partial charge in [0.2, 0.25) is 0 Å². The lowest BCUT2D eigenvalue weighted by molar-refractivity contribution is 0.318. The summed E-state index contributed by atoms with van der Waals surface area (Å²) < 4.78 is 4.89. The SMILES string of the molecule is N/C(=N/O)c1ccc2oncc2c1. The number of hydrogen-bond acceptors (Lipinski definition) is 4. The highest BCUT2D eigenvalue weighted by Crippen LogP contribution is 2.14. The molecule has 5 nitrogen and oxygen atoms in total. The van der Waals surface area contributed by atoms with E-state index in [1.165, 1.54) is 0 Å². The van der Waals surface area contributed by atoms with Gasteiger partial charge in [0.1, 0.15) is 0 Å². The van der Waals surface area contributed by atoms with Gasteiger partial charge in [0.25, 0.3) is 0 Å². The van der Waals surface area contributed by atoms with Crippen LogP contribution in [-0.4, -0.2) is 16.2 Å². The summed E-state index contributed by atoms with van der Waals surface area (Å²) in [4.78, 5) is 0. The molecule has 5 heteroatoms. The van der Waals surface area contributed by atoms with Crippen LogP contribution in [0.4, 0.5) is 0 Å². The average Bonchev–Trinajstić information content (AvgIpc) is 2.63. The second-order valence-electron chi connectivity index (χ2n) is 2.56. The van der Waals surface area contributed by atoms with E-state index in [1.807, 2.05) is 0 Å². The second kappa shape index (κ2) is 2.78. The Balaban J connectivity index is 2.60. The number of benzene rings is 1. The Morgan fingerprint density at radius 3 is 3.15 bits per heavy atom. The summed E-state index contributed by atoms with van der Waals surface area (Å²) in [7, 11) is 0. The van der Waals surface area contributed by atoms with Crippen molar-refractivity contribution in [1.29, 1.82) is 0 Å². The molecular formula is C8H7N3O2. The van der Waals surface area contributed by atoms with Crippen LogP contribution in [0.15, 0.2) is 34.1 Å². The molecule has 0 fully saturated rings. The van der Waals surface area contributed by atoms with Crippen molar-refractivity contribution >= 4 is 16.8 Å². The molecule has 0 amide bonds. The van der Waals surface area contributed by atoms with E-state index in [2.05, 4.69) is 10.3 Å². The molecule has 0 bridgehead atoms. The smallest absolute Gasteiger partial charge is 0.170 e. The van der Waals surface area contributed by atoms with Gasteiger partial charge in [-0.25, -0.2) is 0 Å². The van der Waals surface area contributed by atoms with Crippen molar-refractivity contribution < 1.29 is 9.73 Å². The van der Waals surface area contributed by atoms with Crippen molar-refractivity contribution in [2.75, 3.05) is 0 Å². The molecule has 0 aliphatic heterocycles. The highest BCUT2D eigenvalue weighted by atomic mass is 16.5. The van der Waals surface area contributed by atoms with Crippen LogP contribution >= 0.6 is 0 Å². The first kappa shape index (κ1) is 7.60. The molecular weight excluding hydrogens is 170 g/mol. The number of fused-ring (bicyclic) bond motifs is 1. The first-order valence-corrected chi connectivity index (χ1v) is 3.63. The molecule has 0 aliphatic rings. The molecule has 1 aromatic carbocycles. The van der Waals surface area contributed by atoms with Gasteiger partial charge in [-0.2, -0.15) is 0 Å². The van der Waals surface area contributed by atoms with Crippen molar-refractivity contribution in [1.82, 2.24) is 5.16 Å². The molecule has 0 saturated heterocycles. The average molecular weight is 177 g/mol. The Bertz CT molecular complexity index is 461. The van der Waals surface area contributed by atoms with Crippen LogP contribution in [0.2, 0.25) is 0 Å². The van der Waals surface area contributed by atoms with E-state index in [4.69, 9.17) is 15.5 Å². The lowest BCUT2D eigenvalue weighted by Gasteiger charge is -1.96. The van der Waals surface area contributed by atoms with Gasteiger partial charge in [0.15, 0.2) is 11.4 Å². The lowest BCUT2D eigenvalue weighted by Crippen LogP contribution is -2.12. The summed E-state index contributed by atoms with van der Waals surface area (Å²) in [5, 5.41) is 15.8. The molecule has 0 radical (unpaired) electrons. The van der Waals surface area contributed by atoms with Crippen LogP contribution in [0.1, 0.15) is 5.56 Å². The maximum Gasteiger partial charge on any atom is 0.170 e. The van der Waals surface area contributed by atoms with Crippen LogP contribution in [0.5, 0.6) is 0 Å². The van der Waals surface area contributed by atoms with E-state index in [-0.39, 0.29) is 5.84 Å². The van der Waals surface area contributed by atoms with E-state index < -0.39 is 0 Å². The van der Waals surface area contributed by atoms with E-state index in [0.29, 0.717) is 11.1 Å². The van der Waals surface area contributed by atoms with Crippen LogP contribution in [0.25, 0.3) is 11.0 Å². The normalized spacial score (nSPS) is 12.2.